The molecule has 3 nitrogen and oxygen atoms in total. The lowest BCUT2D eigenvalue weighted by Gasteiger charge is -2.23. The Morgan fingerprint density at radius 3 is 2.82 bits per heavy atom. The molecule has 1 heterocycles. The first-order chi connectivity index (χ1) is 8.08. The molecule has 0 aromatic heterocycles. The van der Waals surface area contributed by atoms with E-state index in [1.807, 2.05) is 0 Å². The van der Waals surface area contributed by atoms with E-state index in [4.69, 9.17) is 5.11 Å². The van der Waals surface area contributed by atoms with Crippen molar-refractivity contribution in [1.82, 2.24) is 4.90 Å². The number of benzene rings is 1. The zero-order chi connectivity index (χ0) is 12.4. The minimum Gasteiger partial charge on any atom is -0.480 e. The van der Waals surface area contributed by atoms with Gasteiger partial charge >= 0.3 is 5.97 Å². The second kappa shape index (κ2) is 4.88. The zero-order valence-electron chi connectivity index (χ0n) is 10.4. The largest absolute Gasteiger partial charge is 0.480 e. The predicted octanol–water partition coefficient (Wildman–Crippen LogP) is 2.52. The molecule has 0 spiro atoms. The number of carboxylic acid groups (broad SMARTS) is 1. The molecule has 0 amide bonds. The number of nitrogens with zero attached hydrogens (tertiary/aromatic N) is 1. The lowest BCUT2D eigenvalue weighted by Crippen LogP contribution is -2.29. The molecule has 1 aliphatic heterocycles. The molecule has 0 aliphatic carbocycles. The molecule has 17 heavy (non-hydrogen) atoms. The number of likely N-dealkylation sites (tertiary alicyclic amines) is 1. The van der Waals surface area contributed by atoms with Gasteiger partial charge in [-0.15, -0.1) is 0 Å². The second-order valence-electron chi connectivity index (χ2n) is 4.87. The summed E-state index contributed by atoms with van der Waals surface area (Å²) in [5.41, 5.74) is 3.83. The van der Waals surface area contributed by atoms with Crippen LogP contribution in [-0.4, -0.2) is 29.1 Å². The average Bonchev–Trinajstić information content (AvgIpc) is 2.69. The fraction of sp³-hybridized carbons (Fsp3) is 0.500. The van der Waals surface area contributed by atoms with Gasteiger partial charge in [-0.25, -0.2) is 0 Å². The maximum Gasteiger partial charge on any atom is 0.317 e. The lowest BCUT2D eigenvalue weighted by molar-refractivity contribution is -0.138. The maximum atomic E-state index is 10.8. The average molecular weight is 233 g/mol. The van der Waals surface area contributed by atoms with Gasteiger partial charge in [0.15, 0.2) is 0 Å². The van der Waals surface area contributed by atoms with Crippen LogP contribution in [0.3, 0.4) is 0 Å². The molecular formula is C14H19NO2. The van der Waals surface area contributed by atoms with Gasteiger partial charge in [-0.05, 0) is 49.9 Å². The molecule has 2 rings (SSSR count). The molecule has 1 N–H and O–H groups in total. The van der Waals surface area contributed by atoms with Gasteiger partial charge in [0.2, 0.25) is 0 Å². The smallest absolute Gasteiger partial charge is 0.317 e. The van der Waals surface area contributed by atoms with Gasteiger partial charge in [0.25, 0.3) is 0 Å². The zero-order valence-corrected chi connectivity index (χ0v) is 10.4. The molecule has 1 aromatic rings. The number of hydrogen-bond acceptors (Lipinski definition) is 2. The number of rotatable bonds is 3. The van der Waals surface area contributed by atoms with Crippen molar-refractivity contribution < 1.29 is 9.90 Å². The van der Waals surface area contributed by atoms with Crippen LogP contribution < -0.4 is 0 Å². The number of aryl methyl sites for hydroxylation is 2. The quantitative estimate of drug-likeness (QED) is 0.872. The highest BCUT2D eigenvalue weighted by Gasteiger charge is 2.27. The Morgan fingerprint density at radius 2 is 2.18 bits per heavy atom. The highest BCUT2D eigenvalue weighted by Crippen LogP contribution is 2.32. The third kappa shape index (κ3) is 2.67. The topological polar surface area (TPSA) is 40.5 Å². The van der Waals surface area contributed by atoms with Crippen molar-refractivity contribution in [2.24, 2.45) is 0 Å². The van der Waals surface area contributed by atoms with E-state index in [1.165, 1.54) is 16.7 Å². The van der Waals surface area contributed by atoms with E-state index in [9.17, 15) is 4.79 Å². The Labute approximate surface area is 102 Å². The Bertz CT molecular complexity index is 428. The number of carbonyl (C=O) groups is 1. The molecule has 0 unspecified atom stereocenters. The number of aliphatic carboxylic acids is 1. The molecule has 0 bridgehead atoms. The van der Waals surface area contributed by atoms with Crippen molar-refractivity contribution in [3.63, 3.8) is 0 Å². The first-order valence-electron chi connectivity index (χ1n) is 6.11. The van der Waals surface area contributed by atoms with Crippen LogP contribution in [0.1, 0.15) is 35.6 Å². The van der Waals surface area contributed by atoms with Crippen LogP contribution >= 0.6 is 0 Å². The van der Waals surface area contributed by atoms with Crippen LogP contribution in [0.2, 0.25) is 0 Å². The Balaban J connectivity index is 2.20. The van der Waals surface area contributed by atoms with Gasteiger partial charge in [0.1, 0.15) is 0 Å². The van der Waals surface area contributed by atoms with Crippen molar-refractivity contribution in [2.45, 2.75) is 32.7 Å². The Morgan fingerprint density at radius 1 is 1.41 bits per heavy atom. The summed E-state index contributed by atoms with van der Waals surface area (Å²) in [6.45, 7) is 5.25. The Kier molecular flexibility index (Phi) is 3.48. The van der Waals surface area contributed by atoms with Gasteiger partial charge in [-0.2, -0.15) is 0 Å². The van der Waals surface area contributed by atoms with Crippen LogP contribution in [0, 0.1) is 13.8 Å². The minimum atomic E-state index is -0.735. The van der Waals surface area contributed by atoms with Crippen molar-refractivity contribution in [3.8, 4) is 0 Å². The van der Waals surface area contributed by atoms with Crippen LogP contribution in [-0.2, 0) is 4.79 Å². The number of hydrogen-bond donors (Lipinski definition) is 1. The van der Waals surface area contributed by atoms with Gasteiger partial charge < -0.3 is 5.11 Å². The lowest BCUT2D eigenvalue weighted by atomic mass is 9.99. The minimum absolute atomic E-state index is 0.150. The summed E-state index contributed by atoms with van der Waals surface area (Å²) in [7, 11) is 0. The highest BCUT2D eigenvalue weighted by atomic mass is 16.4. The predicted molar refractivity (Wildman–Crippen MR) is 67.1 cm³/mol. The van der Waals surface area contributed by atoms with Gasteiger partial charge in [-0.3, -0.25) is 9.69 Å². The first kappa shape index (κ1) is 12.1. The SMILES string of the molecule is Cc1ccc([C@H]2CCCN2CC(=O)O)cc1C. The van der Waals surface area contributed by atoms with Gasteiger partial charge in [0.05, 0.1) is 6.54 Å². The summed E-state index contributed by atoms with van der Waals surface area (Å²) in [5.74, 6) is -0.735. The molecule has 0 radical (unpaired) electrons. The Hall–Kier alpha value is -1.35. The molecule has 0 saturated carbocycles. The van der Waals surface area contributed by atoms with Crippen LogP contribution in [0.25, 0.3) is 0 Å². The van der Waals surface area contributed by atoms with Crippen molar-refractivity contribution in [3.05, 3.63) is 34.9 Å². The fourth-order valence-corrected chi connectivity index (χ4v) is 2.54. The van der Waals surface area contributed by atoms with E-state index in [0.717, 1.165) is 19.4 Å². The fourth-order valence-electron chi connectivity index (χ4n) is 2.54. The molecule has 1 aromatic carbocycles. The molecule has 92 valence electrons. The van der Waals surface area contributed by atoms with E-state index in [0.29, 0.717) is 0 Å². The monoisotopic (exact) mass is 233 g/mol. The van der Waals surface area contributed by atoms with E-state index in [2.05, 4.69) is 36.9 Å². The van der Waals surface area contributed by atoms with Gasteiger partial charge in [-0.1, -0.05) is 18.2 Å². The van der Waals surface area contributed by atoms with Crippen molar-refractivity contribution in [1.29, 1.82) is 0 Å². The van der Waals surface area contributed by atoms with E-state index in [1.54, 1.807) is 0 Å². The highest BCUT2D eigenvalue weighted by molar-refractivity contribution is 5.69. The summed E-state index contributed by atoms with van der Waals surface area (Å²) < 4.78 is 0. The third-order valence-corrected chi connectivity index (χ3v) is 3.62. The first-order valence-corrected chi connectivity index (χ1v) is 6.11. The standard InChI is InChI=1S/C14H19NO2/c1-10-5-6-12(8-11(10)2)13-4-3-7-15(13)9-14(16)17/h5-6,8,13H,3-4,7,9H2,1-2H3,(H,16,17)/t13-/m1/s1. The van der Waals surface area contributed by atoms with Crippen LogP contribution in [0.5, 0.6) is 0 Å². The normalized spacial score (nSPS) is 20.7. The van der Waals surface area contributed by atoms with E-state index >= 15 is 0 Å². The summed E-state index contributed by atoms with van der Waals surface area (Å²) in [6.07, 6.45) is 2.15. The van der Waals surface area contributed by atoms with E-state index in [-0.39, 0.29) is 12.6 Å². The van der Waals surface area contributed by atoms with Crippen molar-refractivity contribution in [2.75, 3.05) is 13.1 Å². The summed E-state index contributed by atoms with van der Waals surface area (Å²) in [6, 6.07) is 6.74. The second-order valence-corrected chi connectivity index (χ2v) is 4.87. The third-order valence-electron chi connectivity index (χ3n) is 3.62. The molecule has 1 aliphatic rings. The van der Waals surface area contributed by atoms with E-state index < -0.39 is 5.97 Å². The molecule has 3 heteroatoms. The van der Waals surface area contributed by atoms with Crippen LogP contribution in [0.15, 0.2) is 18.2 Å². The molecule has 1 saturated heterocycles. The molecule has 1 fully saturated rings. The maximum absolute atomic E-state index is 10.8. The molecule has 1 atom stereocenters. The summed E-state index contributed by atoms with van der Waals surface area (Å²) in [5, 5.41) is 8.90. The van der Waals surface area contributed by atoms with Gasteiger partial charge in [0, 0.05) is 6.04 Å². The molecular weight excluding hydrogens is 214 g/mol. The number of carboxylic acids is 1. The summed E-state index contributed by atoms with van der Waals surface area (Å²) in [4.78, 5) is 12.9. The van der Waals surface area contributed by atoms with Crippen molar-refractivity contribution >= 4 is 5.97 Å². The van der Waals surface area contributed by atoms with Crippen LogP contribution in [0.4, 0.5) is 0 Å². The summed E-state index contributed by atoms with van der Waals surface area (Å²) >= 11 is 0.